The summed E-state index contributed by atoms with van der Waals surface area (Å²) in [6, 6.07) is 13.1. The van der Waals surface area contributed by atoms with Gasteiger partial charge in [0.15, 0.2) is 16.6 Å². The van der Waals surface area contributed by atoms with E-state index in [1.54, 1.807) is 18.2 Å². The minimum atomic E-state index is -0.302. The van der Waals surface area contributed by atoms with Crippen LogP contribution in [0.4, 0.5) is 5.69 Å². The number of carbonyl (C=O) groups excluding carboxylic acids is 1. The predicted molar refractivity (Wildman–Crippen MR) is 109 cm³/mol. The van der Waals surface area contributed by atoms with Crippen LogP contribution in [0.25, 0.3) is 0 Å². The van der Waals surface area contributed by atoms with E-state index in [1.165, 1.54) is 5.56 Å². The third-order valence-corrected chi connectivity index (χ3v) is 4.58. The summed E-state index contributed by atoms with van der Waals surface area (Å²) in [6.45, 7) is 7.43. The molecule has 0 fully saturated rings. The van der Waals surface area contributed by atoms with Crippen molar-refractivity contribution in [2.45, 2.75) is 20.4 Å². The zero-order chi connectivity index (χ0) is 19.2. The number of carbonyl (C=O) groups is 1. The molecule has 0 aromatic heterocycles. The average Bonchev–Trinajstić information content (AvgIpc) is 3.15. The monoisotopic (exact) mass is 385 g/mol. The van der Waals surface area contributed by atoms with Gasteiger partial charge >= 0.3 is 0 Å². The Hall–Kier alpha value is -2.64. The van der Waals surface area contributed by atoms with Crippen molar-refractivity contribution in [2.24, 2.45) is 0 Å². The molecule has 0 aliphatic carbocycles. The molecular weight excluding hydrogens is 362 g/mol. The highest BCUT2D eigenvalue weighted by Gasteiger charge is 2.16. The number of hydrogen-bond acceptors (Lipinski definition) is 5. The molecule has 1 aliphatic rings. The highest BCUT2D eigenvalue weighted by molar-refractivity contribution is 7.80. The topological polar surface area (TPSA) is 62.8 Å². The Labute approximate surface area is 164 Å². The fraction of sp³-hybridized carbons (Fsp3) is 0.300. The lowest BCUT2D eigenvalue weighted by Gasteiger charge is -2.18. The Bertz CT molecular complexity index is 820. The first-order valence-electron chi connectivity index (χ1n) is 8.92. The molecule has 3 rings (SSSR count). The number of rotatable bonds is 6. The second-order valence-electron chi connectivity index (χ2n) is 6.13. The Morgan fingerprint density at radius 3 is 2.48 bits per heavy atom. The number of nitrogens with zero attached hydrogens (tertiary/aromatic N) is 1. The van der Waals surface area contributed by atoms with Crippen molar-refractivity contribution in [3.63, 3.8) is 0 Å². The lowest BCUT2D eigenvalue weighted by Crippen LogP contribution is -2.34. The fourth-order valence-corrected chi connectivity index (χ4v) is 2.98. The Kier molecular flexibility index (Phi) is 6.26. The fourth-order valence-electron chi connectivity index (χ4n) is 2.77. The van der Waals surface area contributed by atoms with Gasteiger partial charge in [-0.3, -0.25) is 15.0 Å². The minimum Gasteiger partial charge on any atom is -0.454 e. The largest absolute Gasteiger partial charge is 0.454 e. The predicted octanol–water partition coefficient (Wildman–Crippen LogP) is 3.38. The first kappa shape index (κ1) is 19.1. The Balaban J connectivity index is 1.55. The van der Waals surface area contributed by atoms with E-state index in [4.69, 9.17) is 21.7 Å². The first-order chi connectivity index (χ1) is 13.1. The average molecular weight is 385 g/mol. The van der Waals surface area contributed by atoms with E-state index in [2.05, 4.69) is 41.5 Å². The maximum absolute atomic E-state index is 12.3. The molecule has 0 saturated carbocycles. The summed E-state index contributed by atoms with van der Waals surface area (Å²) in [5.74, 6) is 0.895. The van der Waals surface area contributed by atoms with Crippen LogP contribution in [0, 0.1) is 0 Å². The molecule has 0 unspecified atom stereocenters. The van der Waals surface area contributed by atoms with Crippen molar-refractivity contribution in [3.05, 3.63) is 53.6 Å². The molecule has 2 N–H and O–H groups in total. The van der Waals surface area contributed by atoms with Crippen molar-refractivity contribution in [2.75, 3.05) is 25.2 Å². The van der Waals surface area contributed by atoms with Crippen LogP contribution in [0.15, 0.2) is 42.5 Å². The SMILES string of the molecule is CCN(CC)Cc1ccc(NC(=S)NC(=O)c2ccc3c(c2)OCO3)cc1. The van der Waals surface area contributed by atoms with Crippen molar-refractivity contribution >= 4 is 28.9 Å². The molecule has 142 valence electrons. The molecule has 2 aromatic carbocycles. The smallest absolute Gasteiger partial charge is 0.257 e. The number of thiocarbonyl (C=S) groups is 1. The quantitative estimate of drug-likeness (QED) is 0.744. The molecule has 1 aliphatic heterocycles. The zero-order valence-corrected chi connectivity index (χ0v) is 16.3. The third kappa shape index (κ3) is 4.96. The van der Waals surface area contributed by atoms with E-state index in [-0.39, 0.29) is 17.8 Å². The van der Waals surface area contributed by atoms with Gasteiger partial charge in [0, 0.05) is 17.8 Å². The van der Waals surface area contributed by atoms with Crippen LogP contribution in [0.5, 0.6) is 11.5 Å². The number of fused-ring (bicyclic) bond motifs is 1. The number of benzene rings is 2. The normalized spacial score (nSPS) is 12.1. The highest BCUT2D eigenvalue weighted by Crippen LogP contribution is 2.32. The molecular formula is C20H23N3O3S. The van der Waals surface area contributed by atoms with E-state index < -0.39 is 0 Å². The van der Waals surface area contributed by atoms with Crippen molar-refractivity contribution < 1.29 is 14.3 Å². The van der Waals surface area contributed by atoms with E-state index in [9.17, 15) is 4.79 Å². The van der Waals surface area contributed by atoms with Crippen molar-refractivity contribution in [1.29, 1.82) is 0 Å². The van der Waals surface area contributed by atoms with E-state index in [1.807, 2.05) is 12.1 Å². The van der Waals surface area contributed by atoms with Crippen LogP contribution in [-0.4, -0.2) is 35.8 Å². The number of anilines is 1. The summed E-state index contributed by atoms with van der Waals surface area (Å²) in [5, 5.41) is 5.96. The Morgan fingerprint density at radius 2 is 1.78 bits per heavy atom. The molecule has 27 heavy (non-hydrogen) atoms. The van der Waals surface area contributed by atoms with E-state index in [0.29, 0.717) is 17.1 Å². The maximum atomic E-state index is 12.3. The molecule has 7 heteroatoms. The molecule has 0 spiro atoms. The van der Waals surface area contributed by atoms with E-state index in [0.717, 1.165) is 25.3 Å². The molecule has 1 amide bonds. The standard InChI is InChI=1S/C20H23N3O3S/c1-3-23(4-2)12-14-5-8-16(9-6-14)21-20(27)22-19(24)15-7-10-17-18(11-15)26-13-25-17/h5-11H,3-4,12-13H2,1-2H3,(H2,21,22,24,27). The third-order valence-electron chi connectivity index (χ3n) is 4.37. The lowest BCUT2D eigenvalue weighted by molar-refractivity contribution is 0.0977. The van der Waals surface area contributed by atoms with Crippen molar-refractivity contribution in [1.82, 2.24) is 10.2 Å². The van der Waals surface area contributed by atoms with Crippen LogP contribution in [0.1, 0.15) is 29.8 Å². The number of hydrogen-bond donors (Lipinski definition) is 2. The van der Waals surface area contributed by atoms with Crippen LogP contribution < -0.4 is 20.1 Å². The van der Waals surface area contributed by atoms with Crippen LogP contribution in [-0.2, 0) is 6.54 Å². The van der Waals surface area contributed by atoms with Gasteiger partial charge in [-0.1, -0.05) is 26.0 Å². The van der Waals surface area contributed by atoms with Gasteiger partial charge in [0.1, 0.15) is 0 Å². The zero-order valence-electron chi connectivity index (χ0n) is 15.5. The van der Waals surface area contributed by atoms with Gasteiger partial charge in [-0.05, 0) is 61.2 Å². The van der Waals surface area contributed by atoms with Gasteiger partial charge in [-0.15, -0.1) is 0 Å². The Morgan fingerprint density at radius 1 is 1.07 bits per heavy atom. The summed E-state index contributed by atoms with van der Waals surface area (Å²) >= 11 is 5.24. The number of amides is 1. The summed E-state index contributed by atoms with van der Waals surface area (Å²) in [5.41, 5.74) is 2.52. The molecule has 1 heterocycles. The summed E-state index contributed by atoms with van der Waals surface area (Å²) in [6.07, 6.45) is 0. The number of nitrogens with one attached hydrogen (secondary N) is 2. The first-order valence-corrected chi connectivity index (χ1v) is 9.33. The van der Waals surface area contributed by atoms with E-state index >= 15 is 0 Å². The van der Waals surface area contributed by atoms with Crippen molar-refractivity contribution in [3.8, 4) is 11.5 Å². The van der Waals surface area contributed by atoms with Crippen LogP contribution >= 0.6 is 12.2 Å². The van der Waals surface area contributed by atoms with Gasteiger partial charge in [-0.25, -0.2) is 0 Å². The highest BCUT2D eigenvalue weighted by atomic mass is 32.1. The van der Waals surface area contributed by atoms with Gasteiger partial charge < -0.3 is 14.8 Å². The summed E-state index contributed by atoms with van der Waals surface area (Å²) in [7, 11) is 0. The second kappa shape index (κ2) is 8.83. The van der Waals surface area contributed by atoms with Gasteiger partial charge in [0.2, 0.25) is 6.79 Å². The van der Waals surface area contributed by atoms with Crippen LogP contribution in [0.3, 0.4) is 0 Å². The van der Waals surface area contributed by atoms with Gasteiger partial charge in [0.25, 0.3) is 5.91 Å². The van der Waals surface area contributed by atoms with Gasteiger partial charge in [-0.2, -0.15) is 0 Å². The molecule has 2 aromatic rings. The second-order valence-corrected chi connectivity index (χ2v) is 6.54. The molecule has 0 saturated heterocycles. The molecule has 0 bridgehead atoms. The maximum Gasteiger partial charge on any atom is 0.257 e. The number of ether oxygens (including phenoxy) is 2. The van der Waals surface area contributed by atoms with Crippen LogP contribution in [0.2, 0.25) is 0 Å². The molecule has 0 atom stereocenters. The minimum absolute atomic E-state index is 0.171. The van der Waals surface area contributed by atoms with Gasteiger partial charge in [0.05, 0.1) is 0 Å². The summed E-state index contributed by atoms with van der Waals surface area (Å²) in [4.78, 5) is 14.7. The molecule has 0 radical (unpaired) electrons. The molecule has 6 nitrogen and oxygen atoms in total. The lowest BCUT2D eigenvalue weighted by atomic mass is 10.2. The summed E-state index contributed by atoms with van der Waals surface area (Å²) < 4.78 is 10.5.